The van der Waals surface area contributed by atoms with Crippen molar-refractivity contribution in [2.45, 2.75) is 58.4 Å². The maximum absolute atomic E-state index is 11.5. The van der Waals surface area contributed by atoms with Crippen LogP contribution in [0.3, 0.4) is 0 Å². The first-order chi connectivity index (χ1) is 5.97. The first-order valence-corrected chi connectivity index (χ1v) is 5.28. The quantitative estimate of drug-likeness (QED) is 0.700. The second kappa shape index (κ2) is 4.12. The summed E-state index contributed by atoms with van der Waals surface area (Å²) in [5.41, 5.74) is -0.0737. The van der Waals surface area contributed by atoms with Crippen LogP contribution in [0.5, 0.6) is 0 Å². The van der Waals surface area contributed by atoms with Gasteiger partial charge >= 0.3 is 0 Å². The molecule has 1 amide bonds. The molecule has 1 aliphatic rings. The predicted octanol–water partition coefficient (Wildman–Crippen LogP) is 2.48. The molecule has 1 saturated carbocycles. The fourth-order valence-corrected chi connectivity index (χ4v) is 1.95. The Balaban J connectivity index is 2.24. The smallest absolute Gasteiger partial charge is 0.220 e. The van der Waals surface area contributed by atoms with Gasteiger partial charge in [0.15, 0.2) is 0 Å². The molecular formula is C11H21NO. The lowest BCUT2D eigenvalue weighted by Crippen LogP contribution is -2.41. The highest BCUT2D eigenvalue weighted by Crippen LogP contribution is 2.27. The van der Waals surface area contributed by atoms with Crippen molar-refractivity contribution in [2.24, 2.45) is 5.92 Å². The summed E-state index contributed by atoms with van der Waals surface area (Å²) < 4.78 is 0. The van der Waals surface area contributed by atoms with Crippen molar-refractivity contribution < 1.29 is 4.79 Å². The van der Waals surface area contributed by atoms with Gasteiger partial charge in [-0.25, -0.2) is 0 Å². The van der Waals surface area contributed by atoms with E-state index in [1.54, 1.807) is 0 Å². The summed E-state index contributed by atoms with van der Waals surface area (Å²) in [4.78, 5) is 11.5. The van der Waals surface area contributed by atoms with Gasteiger partial charge in [-0.15, -0.1) is 0 Å². The van der Waals surface area contributed by atoms with Gasteiger partial charge in [0.1, 0.15) is 0 Å². The molecule has 0 aromatic rings. The van der Waals surface area contributed by atoms with E-state index in [0.29, 0.717) is 5.92 Å². The summed E-state index contributed by atoms with van der Waals surface area (Å²) >= 11 is 0. The van der Waals surface area contributed by atoms with Gasteiger partial charge in [-0.3, -0.25) is 4.79 Å². The molecule has 0 saturated heterocycles. The molecule has 0 heterocycles. The van der Waals surface area contributed by atoms with Gasteiger partial charge in [0.2, 0.25) is 5.91 Å². The minimum atomic E-state index is -0.0737. The van der Waals surface area contributed by atoms with Crippen LogP contribution in [-0.4, -0.2) is 11.4 Å². The minimum absolute atomic E-state index is 0.0737. The summed E-state index contributed by atoms with van der Waals surface area (Å²) in [5, 5.41) is 3.01. The van der Waals surface area contributed by atoms with E-state index in [-0.39, 0.29) is 11.4 Å². The molecule has 13 heavy (non-hydrogen) atoms. The van der Waals surface area contributed by atoms with Crippen LogP contribution in [0, 0.1) is 5.92 Å². The summed E-state index contributed by atoms with van der Waals surface area (Å²) in [5.74, 6) is 0.877. The van der Waals surface area contributed by atoms with Crippen LogP contribution >= 0.6 is 0 Å². The van der Waals surface area contributed by atoms with Gasteiger partial charge in [-0.2, -0.15) is 0 Å². The van der Waals surface area contributed by atoms with E-state index in [9.17, 15) is 4.79 Å². The lowest BCUT2D eigenvalue weighted by Gasteiger charge is -2.21. The van der Waals surface area contributed by atoms with Gasteiger partial charge in [0, 0.05) is 12.0 Å². The molecule has 1 rings (SSSR count). The average molecular weight is 183 g/mol. The molecule has 76 valence electrons. The minimum Gasteiger partial charge on any atom is -0.352 e. The van der Waals surface area contributed by atoms with Crippen molar-refractivity contribution in [2.75, 3.05) is 0 Å². The van der Waals surface area contributed by atoms with Crippen LogP contribution in [0.4, 0.5) is 0 Å². The van der Waals surface area contributed by atoms with Gasteiger partial charge in [0.25, 0.3) is 0 Å². The number of hydrogen-bond acceptors (Lipinski definition) is 1. The largest absolute Gasteiger partial charge is 0.352 e. The van der Waals surface area contributed by atoms with Crippen LogP contribution in [0.15, 0.2) is 0 Å². The zero-order valence-electron chi connectivity index (χ0n) is 9.02. The molecule has 0 atom stereocenters. The Morgan fingerprint density at radius 3 is 2.31 bits per heavy atom. The van der Waals surface area contributed by atoms with Crippen LogP contribution in [0.2, 0.25) is 0 Å². The van der Waals surface area contributed by atoms with Crippen molar-refractivity contribution in [3.8, 4) is 0 Å². The summed E-state index contributed by atoms with van der Waals surface area (Å²) in [6, 6.07) is 0. The van der Waals surface area contributed by atoms with Gasteiger partial charge < -0.3 is 5.32 Å². The van der Waals surface area contributed by atoms with Gasteiger partial charge in [-0.05, 0) is 39.5 Å². The Bertz CT molecular complexity index is 175. The van der Waals surface area contributed by atoms with Gasteiger partial charge in [0.05, 0.1) is 0 Å². The molecule has 0 bridgehead atoms. The van der Waals surface area contributed by atoms with E-state index in [1.807, 2.05) is 20.8 Å². The Morgan fingerprint density at radius 2 is 1.85 bits per heavy atom. The van der Waals surface area contributed by atoms with Crippen molar-refractivity contribution in [3.63, 3.8) is 0 Å². The van der Waals surface area contributed by atoms with Crippen LogP contribution in [0.25, 0.3) is 0 Å². The first-order valence-electron chi connectivity index (χ1n) is 5.28. The van der Waals surface area contributed by atoms with Gasteiger partial charge in [-0.1, -0.05) is 12.8 Å². The Labute approximate surface area is 81.1 Å². The van der Waals surface area contributed by atoms with Crippen LogP contribution in [-0.2, 0) is 4.79 Å². The number of carbonyl (C=O) groups excluding carboxylic acids is 1. The number of nitrogens with one attached hydrogen (secondary N) is 1. The second-order valence-electron chi connectivity index (χ2n) is 5.15. The van der Waals surface area contributed by atoms with Crippen molar-refractivity contribution in [1.82, 2.24) is 5.32 Å². The zero-order chi connectivity index (χ0) is 9.90. The molecular weight excluding hydrogens is 162 g/mol. The van der Waals surface area contributed by atoms with Crippen LogP contribution in [0.1, 0.15) is 52.9 Å². The van der Waals surface area contributed by atoms with E-state index in [0.717, 1.165) is 6.42 Å². The number of rotatable bonds is 2. The van der Waals surface area contributed by atoms with Crippen molar-refractivity contribution in [3.05, 3.63) is 0 Å². The van der Waals surface area contributed by atoms with Crippen molar-refractivity contribution in [1.29, 1.82) is 0 Å². The first kappa shape index (κ1) is 10.6. The average Bonchev–Trinajstić information content (AvgIpc) is 2.34. The van der Waals surface area contributed by atoms with E-state index < -0.39 is 0 Å². The predicted molar refractivity (Wildman–Crippen MR) is 54.5 cm³/mol. The summed E-state index contributed by atoms with van der Waals surface area (Å²) in [6.07, 6.45) is 5.85. The molecule has 0 aliphatic heterocycles. The second-order valence-corrected chi connectivity index (χ2v) is 5.15. The Morgan fingerprint density at radius 1 is 1.31 bits per heavy atom. The molecule has 1 fully saturated rings. The Hall–Kier alpha value is -0.530. The fraction of sp³-hybridized carbons (Fsp3) is 0.909. The number of amides is 1. The standard InChI is InChI=1S/C11H21NO/c1-11(2,3)12-10(13)8-9-6-4-5-7-9/h9H,4-8H2,1-3H3,(H,12,13). The Kier molecular flexibility index (Phi) is 3.34. The third-order valence-corrected chi connectivity index (χ3v) is 2.46. The van der Waals surface area contributed by atoms with E-state index in [1.165, 1.54) is 25.7 Å². The summed E-state index contributed by atoms with van der Waals surface area (Å²) in [6.45, 7) is 6.08. The highest BCUT2D eigenvalue weighted by molar-refractivity contribution is 5.76. The number of hydrogen-bond donors (Lipinski definition) is 1. The molecule has 0 spiro atoms. The molecule has 0 aromatic heterocycles. The third kappa shape index (κ3) is 4.30. The third-order valence-electron chi connectivity index (χ3n) is 2.46. The highest BCUT2D eigenvalue weighted by atomic mass is 16.1. The monoisotopic (exact) mass is 183 g/mol. The molecule has 1 N–H and O–H groups in total. The fourth-order valence-electron chi connectivity index (χ4n) is 1.95. The van der Waals surface area contributed by atoms with Crippen molar-refractivity contribution >= 4 is 5.91 Å². The molecule has 0 unspecified atom stereocenters. The summed E-state index contributed by atoms with van der Waals surface area (Å²) in [7, 11) is 0. The molecule has 0 aromatic carbocycles. The lowest BCUT2D eigenvalue weighted by atomic mass is 10.0. The maximum Gasteiger partial charge on any atom is 0.220 e. The SMILES string of the molecule is CC(C)(C)NC(=O)CC1CCCC1. The number of carbonyl (C=O) groups is 1. The van der Waals surface area contributed by atoms with E-state index in [2.05, 4.69) is 5.32 Å². The molecule has 0 radical (unpaired) electrons. The van der Waals surface area contributed by atoms with E-state index >= 15 is 0 Å². The highest BCUT2D eigenvalue weighted by Gasteiger charge is 2.20. The topological polar surface area (TPSA) is 29.1 Å². The molecule has 2 heteroatoms. The van der Waals surface area contributed by atoms with E-state index in [4.69, 9.17) is 0 Å². The normalized spacial score (nSPS) is 19.0. The maximum atomic E-state index is 11.5. The van der Waals surface area contributed by atoms with Crippen LogP contribution < -0.4 is 5.32 Å². The zero-order valence-corrected chi connectivity index (χ0v) is 9.02. The molecule has 2 nitrogen and oxygen atoms in total. The lowest BCUT2D eigenvalue weighted by molar-refractivity contribution is -0.123. The molecule has 1 aliphatic carbocycles.